The number of halogens is 1. The van der Waals surface area contributed by atoms with E-state index in [9.17, 15) is 0 Å². The van der Waals surface area contributed by atoms with Crippen LogP contribution in [0.25, 0.3) is 0 Å². The standard InChI is InChI=1S/C17H20INO2/c1-12(19-15-7-5-4-6-14(15)18)10-13-8-9-16(20-2)17(11-13)21-3/h4-9,11-12,19H,10H2,1-3H3. The van der Waals surface area contributed by atoms with E-state index in [0.717, 1.165) is 17.9 Å². The fraction of sp³-hybridized carbons (Fsp3) is 0.294. The molecule has 0 fully saturated rings. The van der Waals surface area contributed by atoms with E-state index in [-0.39, 0.29) is 0 Å². The summed E-state index contributed by atoms with van der Waals surface area (Å²) in [5, 5.41) is 3.55. The molecule has 2 aromatic carbocycles. The molecule has 1 atom stereocenters. The lowest BCUT2D eigenvalue weighted by atomic mass is 10.1. The minimum absolute atomic E-state index is 0.332. The first kappa shape index (κ1) is 15.9. The molecule has 0 aliphatic carbocycles. The summed E-state index contributed by atoms with van der Waals surface area (Å²) in [6.45, 7) is 2.18. The van der Waals surface area contributed by atoms with E-state index in [1.165, 1.54) is 14.8 Å². The summed E-state index contributed by atoms with van der Waals surface area (Å²) in [5.74, 6) is 1.54. The van der Waals surface area contributed by atoms with Crippen LogP contribution in [0.5, 0.6) is 11.5 Å². The molecule has 4 heteroatoms. The molecule has 2 aromatic rings. The number of rotatable bonds is 6. The van der Waals surface area contributed by atoms with Crippen molar-refractivity contribution in [1.82, 2.24) is 0 Å². The van der Waals surface area contributed by atoms with Crippen LogP contribution in [0.1, 0.15) is 12.5 Å². The molecule has 21 heavy (non-hydrogen) atoms. The third kappa shape index (κ3) is 4.27. The van der Waals surface area contributed by atoms with Gasteiger partial charge in [0.1, 0.15) is 0 Å². The Morgan fingerprint density at radius 3 is 2.43 bits per heavy atom. The van der Waals surface area contributed by atoms with Crippen molar-refractivity contribution < 1.29 is 9.47 Å². The topological polar surface area (TPSA) is 30.5 Å². The van der Waals surface area contributed by atoms with Crippen molar-refractivity contribution in [2.45, 2.75) is 19.4 Å². The molecular weight excluding hydrogens is 377 g/mol. The third-order valence-electron chi connectivity index (χ3n) is 3.27. The van der Waals surface area contributed by atoms with E-state index in [2.05, 4.69) is 53.0 Å². The molecule has 0 aliphatic rings. The number of benzene rings is 2. The summed E-state index contributed by atoms with van der Waals surface area (Å²) in [5.41, 5.74) is 2.39. The minimum Gasteiger partial charge on any atom is -0.493 e. The first-order valence-corrected chi connectivity index (χ1v) is 7.94. The summed E-state index contributed by atoms with van der Waals surface area (Å²) in [7, 11) is 3.31. The van der Waals surface area contributed by atoms with Crippen LogP contribution in [0.3, 0.4) is 0 Å². The van der Waals surface area contributed by atoms with Gasteiger partial charge in [0.15, 0.2) is 11.5 Å². The molecule has 0 radical (unpaired) electrons. The maximum atomic E-state index is 5.35. The Labute approximate surface area is 139 Å². The molecule has 0 bridgehead atoms. The summed E-state index contributed by atoms with van der Waals surface area (Å²) >= 11 is 2.35. The monoisotopic (exact) mass is 397 g/mol. The van der Waals surface area contributed by atoms with Crippen LogP contribution >= 0.6 is 22.6 Å². The van der Waals surface area contributed by atoms with Crippen LogP contribution in [-0.4, -0.2) is 20.3 Å². The van der Waals surface area contributed by atoms with E-state index in [1.807, 2.05) is 24.3 Å². The smallest absolute Gasteiger partial charge is 0.160 e. The van der Waals surface area contributed by atoms with Crippen molar-refractivity contribution in [3.05, 3.63) is 51.6 Å². The number of ether oxygens (including phenoxy) is 2. The van der Waals surface area contributed by atoms with Gasteiger partial charge in [0.25, 0.3) is 0 Å². The molecule has 0 heterocycles. The molecule has 0 aliphatic heterocycles. The lowest BCUT2D eigenvalue weighted by Crippen LogP contribution is -2.18. The van der Waals surface area contributed by atoms with Gasteiger partial charge in [-0.2, -0.15) is 0 Å². The average molecular weight is 397 g/mol. The first-order valence-electron chi connectivity index (χ1n) is 6.86. The van der Waals surface area contributed by atoms with Crippen molar-refractivity contribution in [3.63, 3.8) is 0 Å². The Hall–Kier alpha value is -1.43. The number of methoxy groups -OCH3 is 2. The van der Waals surface area contributed by atoms with Crippen LogP contribution in [0.15, 0.2) is 42.5 Å². The van der Waals surface area contributed by atoms with Crippen molar-refractivity contribution in [1.29, 1.82) is 0 Å². The third-order valence-corrected chi connectivity index (χ3v) is 4.21. The van der Waals surface area contributed by atoms with Gasteiger partial charge in [-0.1, -0.05) is 18.2 Å². The summed E-state index contributed by atoms with van der Waals surface area (Å²) in [6, 6.07) is 14.7. The van der Waals surface area contributed by atoms with E-state index in [1.54, 1.807) is 14.2 Å². The van der Waals surface area contributed by atoms with Crippen LogP contribution in [0, 0.1) is 3.57 Å². The van der Waals surface area contributed by atoms with Gasteiger partial charge >= 0.3 is 0 Å². The zero-order valence-corrected chi connectivity index (χ0v) is 14.7. The Morgan fingerprint density at radius 2 is 1.76 bits per heavy atom. The molecule has 1 unspecified atom stereocenters. The molecule has 1 N–H and O–H groups in total. The highest BCUT2D eigenvalue weighted by Crippen LogP contribution is 2.28. The predicted octanol–water partition coefficient (Wildman–Crippen LogP) is 4.35. The van der Waals surface area contributed by atoms with Gasteiger partial charge in [-0.25, -0.2) is 0 Å². The average Bonchev–Trinajstić information content (AvgIpc) is 2.49. The molecule has 0 aromatic heterocycles. The molecule has 0 spiro atoms. The van der Waals surface area contributed by atoms with Gasteiger partial charge in [-0.05, 0) is 65.8 Å². The molecule has 0 amide bonds. The second kappa shape index (κ2) is 7.54. The molecule has 0 saturated heterocycles. The maximum Gasteiger partial charge on any atom is 0.160 e. The second-order valence-electron chi connectivity index (χ2n) is 4.92. The highest BCUT2D eigenvalue weighted by atomic mass is 127. The highest BCUT2D eigenvalue weighted by Gasteiger charge is 2.09. The van der Waals surface area contributed by atoms with Crippen LogP contribution in [0.4, 0.5) is 5.69 Å². The van der Waals surface area contributed by atoms with Gasteiger partial charge in [0, 0.05) is 15.3 Å². The number of hydrogen-bond acceptors (Lipinski definition) is 3. The van der Waals surface area contributed by atoms with Gasteiger partial charge in [0.05, 0.1) is 14.2 Å². The Balaban J connectivity index is 2.06. The fourth-order valence-corrected chi connectivity index (χ4v) is 2.80. The summed E-state index contributed by atoms with van der Waals surface area (Å²) in [4.78, 5) is 0. The van der Waals surface area contributed by atoms with E-state index in [4.69, 9.17) is 9.47 Å². The van der Waals surface area contributed by atoms with Crippen molar-refractivity contribution >= 4 is 28.3 Å². The molecule has 0 saturated carbocycles. The minimum atomic E-state index is 0.332. The van der Waals surface area contributed by atoms with Crippen molar-refractivity contribution in [2.24, 2.45) is 0 Å². The van der Waals surface area contributed by atoms with E-state index >= 15 is 0 Å². The highest BCUT2D eigenvalue weighted by molar-refractivity contribution is 14.1. The van der Waals surface area contributed by atoms with Crippen LogP contribution in [0.2, 0.25) is 0 Å². The normalized spacial score (nSPS) is 11.8. The second-order valence-corrected chi connectivity index (χ2v) is 6.08. The number of anilines is 1. The Morgan fingerprint density at radius 1 is 1.05 bits per heavy atom. The van der Waals surface area contributed by atoms with E-state index < -0.39 is 0 Å². The van der Waals surface area contributed by atoms with E-state index in [0.29, 0.717) is 6.04 Å². The summed E-state index contributed by atoms with van der Waals surface area (Å²) < 4.78 is 11.8. The number of hydrogen-bond donors (Lipinski definition) is 1. The zero-order chi connectivity index (χ0) is 15.2. The van der Waals surface area contributed by atoms with Crippen LogP contribution < -0.4 is 14.8 Å². The Bertz CT molecular complexity index is 601. The molecular formula is C17H20INO2. The number of para-hydroxylation sites is 1. The lowest BCUT2D eigenvalue weighted by molar-refractivity contribution is 0.354. The van der Waals surface area contributed by atoms with Gasteiger partial charge in [0.2, 0.25) is 0 Å². The first-order chi connectivity index (χ1) is 10.1. The lowest BCUT2D eigenvalue weighted by Gasteiger charge is -2.17. The van der Waals surface area contributed by atoms with Crippen molar-refractivity contribution in [3.8, 4) is 11.5 Å². The predicted molar refractivity (Wildman–Crippen MR) is 95.5 cm³/mol. The quantitative estimate of drug-likeness (QED) is 0.736. The largest absolute Gasteiger partial charge is 0.493 e. The molecule has 2 rings (SSSR count). The molecule has 112 valence electrons. The maximum absolute atomic E-state index is 5.35. The van der Waals surface area contributed by atoms with Crippen LogP contribution in [-0.2, 0) is 6.42 Å². The Kier molecular flexibility index (Phi) is 5.73. The van der Waals surface area contributed by atoms with Crippen molar-refractivity contribution in [2.75, 3.05) is 19.5 Å². The number of nitrogens with one attached hydrogen (secondary N) is 1. The summed E-state index contributed by atoms with van der Waals surface area (Å²) in [6.07, 6.45) is 0.922. The zero-order valence-electron chi connectivity index (χ0n) is 12.5. The fourth-order valence-electron chi connectivity index (χ4n) is 2.26. The molecule has 3 nitrogen and oxygen atoms in total. The van der Waals surface area contributed by atoms with Gasteiger partial charge in [-0.3, -0.25) is 0 Å². The van der Waals surface area contributed by atoms with Gasteiger partial charge < -0.3 is 14.8 Å². The SMILES string of the molecule is COc1ccc(CC(C)Nc2ccccc2I)cc1OC. The van der Waals surface area contributed by atoms with Gasteiger partial charge in [-0.15, -0.1) is 0 Å².